The molecule has 4 nitrogen and oxygen atoms in total. The second-order valence-electron chi connectivity index (χ2n) is 0.707. The molecular formula is C4H13ClO4V. The van der Waals surface area contributed by atoms with Crippen molar-refractivity contribution >= 4 is 12.4 Å². The molecule has 0 aromatic rings. The van der Waals surface area contributed by atoms with Crippen molar-refractivity contribution < 1.29 is 33.7 Å². The summed E-state index contributed by atoms with van der Waals surface area (Å²) in [6.07, 6.45) is 0. The van der Waals surface area contributed by atoms with E-state index in [0.717, 1.165) is 0 Å². The fourth-order valence-electron chi connectivity index (χ4n) is 0. The molecule has 0 unspecified atom stereocenters. The predicted molar refractivity (Wildman–Crippen MR) is 34.1 cm³/mol. The summed E-state index contributed by atoms with van der Waals surface area (Å²) in [6, 6.07) is 0. The zero-order valence-corrected chi connectivity index (χ0v) is 8.19. The molecule has 65 valence electrons. The van der Waals surface area contributed by atoms with Crippen LogP contribution in [0.1, 0.15) is 13.8 Å². The molecule has 10 heavy (non-hydrogen) atoms. The Hall–Kier alpha value is 0.394. The van der Waals surface area contributed by atoms with Crippen molar-refractivity contribution in [3.05, 3.63) is 0 Å². The number of rotatable bonds is 0. The minimum absolute atomic E-state index is 0. The fraction of sp³-hybridized carbons (Fsp3) is 1.00. The van der Waals surface area contributed by atoms with E-state index in [-0.39, 0.29) is 25.6 Å². The summed E-state index contributed by atoms with van der Waals surface area (Å²) >= 11 is -1.81. The first-order valence-electron chi connectivity index (χ1n) is 2.41. The quantitative estimate of drug-likeness (QED) is 0.599. The zero-order chi connectivity index (χ0) is 8.12. The van der Waals surface area contributed by atoms with Gasteiger partial charge in [0.15, 0.2) is 0 Å². The molecule has 0 aromatic heterocycles. The molecule has 0 fully saturated rings. The summed E-state index contributed by atoms with van der Waals surface area (Å²) in [4.78, 5) is 0. The van der Waals surface area contributed by atoms with Gasteiger partial charge >= 0.3 is 23.5 Å². The second kappa shape index (κ2) is 57.5. The van der Waals surface area contributed by atoms with Gasteiger partial charge < -0.3 is 10.2 Å². The van der Waals surface area contributed by atoms with Gasteiger partial charge in [-0.1, -0.05) is 0 Å². The molecule has 0 amide bonds. The maximum atomic E-state index is 8.47. The fourth-order valence-corrected chi connectivity index (χ4v) is 0. The molecule has 6 heteroatoms. The molecule has 0 aliphatic rings. The molecule has 0 saturated carbocycles. The summed E-state index contributed by atoms with van der Waals surface area (Å²) in [6.45, 7) is 3.86. The van der Waals surface area contributed by atoms with E-state index in [0.29, 0.717) is 0 Å². The first-order chi connectivity index (χ1) is 4.24. The van der Waals surface area contributed by atoms with E-state index in [1.54, 1.807) is 13.8 Å². The van der Waals surface area contributed by atoms with Crippen LogP contribution in [0, 0.1) is 0 Å². The molecule has 0 aromatic carbocycles. The number of hydrogen-bond donors (Lipinski definition) is 2. The molecule has 0 aliphatic heterocycles. The van der Waals surface area contributed by atoms with Crippen molar-refractivity contribution in [3.8, 4) is 0 Å². The standard InChI is InChI=1S/2C2H6O.ClH.2O.V/c2*1-2-3;;;;/h2*3H,2H2,1H3;1H;;;. The monoisotopic (exact) mass is 211 g/mol. The second-order valence-corrected chi connectivity index (χ2v) is 0.940. The van der Waals surface area contributed by atoms with Gasteiger partial charge in [0.2, 0.25) is 0 Å². The van der Waals surface area contributed by atoms with Gasteiger partial charge in [-0.3, -0.25) is 0 Å². The maximum absolute atomic E-state index is 8.47. The summed E-state index contributed by atoms with van der Waals surface area (Å²) < 4.78 is 16.9. The Morgan fingerprint density at radius 1 is 1.10 bits per heavy atom. The SMILES string of the molecule is CCO.CCO.Cl.[O]=[V]=[O]. The third kappa shape index (κ3) is 2950. The van der Waals surface area contributed by atoms with Gasteiger partial charge in [-0.05, 0) is 13.8 Å². The van der Waals surface area contributed by atoms with Gasteiger partial charge in [-0.15, -0.1) is 12.4 Å². The third-order valence-electron chi connectivity index (χ3n) is 0. The average molecular weight is 212 g/mol. The van der Waals surface area contributed by atoms with Crippen LogP contribution >= 0.6 is 12.4 Å². The van der Waals surface area contributed by atoms with Crippen molar-refractivity contribution in [1.29, 1.82) is 0 Å². The van der Waals surface area contributed by atoms with Crippen molar-refractivity contribution in [1.82, 2.24) is 0 Å². The van der Waals surface area contributed by atoms with Crippen LogP contribution in [-0.2, 0) is 23.5 Å². The van der Waals surface area contributed by atoms with Crippen molar-refractivity contribution in [2.45, 2.75) is 13.8 Å². The first kappa shape index (κ1) is 22.4. The Kier molecular flexibility index (Phi) is 129. The first-order valence-corrected chi connectivity index (χ1v) is 3.55. The van der Waals surface area contributed by atoms with Crippen LogP contribution in [0.25, 0.3) is 0 Å². The molecule has 0 heterocycles. The number of halogens is 1. The van der Waals surface area contributed by atoms with Gasteiger partial charge in [0.25, 0.3) is 0 Å². The van der Waals surface area contributed by atoms with Gasteiger partial charge in [0.1, 0.15) is 0 Å². The van der Waals surface area contributed by atoms with Gasteiger partial charge in [-0.25, -0.2) is 0 Å². The number of aliphatic hydroxyl groups excluding tert-OH is 2. The average Bonchev–Trinajstić information content (AvgIpc) is 1.70. The Morgan fingerprint density at radius 2 is 1.10 bits per heavy atom. The molecule has 0 rings (SSSR count). The van der Waals surface area contributed by atoms with E-state index in [9.17, 15) is 0 Å². The Labute approximate surface area is 73.6 Å². The molecule has 0 aliphatic carbocycles. The van der Waals surface area contributed by atoms with Crippen LogP contribution in [-0.4, -0.2) is 23.4 Å². The number of hydrogen-bond acceptors (Lipinski definition) is 4. The van der Waals surface area contributed by atoms with E-state index in [1.807, 2.05) is 0 Å². The molecule has 0 atom stereocenters. The van der Waals surface area contributed by atoms with Crippen LogP contribution in [0.15, 0.2) is 0 Å². The molecule has 0 spiro atoms. The zero-order valence-electron chi connectivity index (χ0n) is 5.98. The van der Waals surface area contributed by atoms with E-state index in [1.165, 1.54) is 0 Å². The summed E-state index contributed by atoms with van der Waals surface area (Å²) in [5, 5.41) is 15.1. The van der Waals surface area contributed by atoms with Crippen molar-refractivity contribution in [2.24, 2.45) is 0 Å². The summed E-state index contributed by atoms with van der Waals surface area (Å²) in [5.74, 6) is 0. The molecular weight excluding hydrogens is 198 g/mol. The number of aliphatic hydroxyl groups is 2. The normalized spacial score (nSPS) is 4.40. The van der Waals surface area contributed by atoms with Gasteiger partial charge in [0, 0.05) is 13.2 Å². The summed E-state index contributed by atoms with van der Waals surface area (Å²) in [7, 11) is 0. The third-order valence-corrected chi connectivity index (χ3v) is 0. The predicted octanol–water partition coefficient (Wildman–Crippen LogP) is 0.179. The molecule has 0 bridgehead atoms. The molecule has 2 N–H and O–H groups in total. The van der Waals surface area contributed by atoms with E-state index >= 15 is 0 Å². The molecule has 0 radical (unpaired) electrons. The molecule has 0 saturated heterocycles. The van der Waals surface area contributed by atoms with E-state index in [4.69, 9.17) is 17.6 Å². The minimum atomic E-state index is -1.81. The van der Waals surface area contributed by atoms with Gasteiger partial charge in [0.05, 0.1) is 0 Å². The Morgan fingerprint density at radius 3 is 1.10 bits per heavy atom. The Bertz CT molecular complexity index is 53.2. The summed E-state index contributed by atoms with van der Waals surface area (Å²) in [5.41, 5.74) is 0. The van der Waals surface area contributed by atoms with Crippen LogP contribution in [0.5, 0.6) is 0 Å². The van der Waals surface area contributed by atoms with Crippen LogP contribution in [0.4, 0.5) is 0 Å². The topological polar surface area (TPSA) is 74.6 Å². The van der Waals surface area contributed by atoms with Crippen LogP contribution < -0.4 is 0 Å². The van der Waals surface area contributed by atoms with Crippen molar-refractivity contribution in [3.63, 3.8) is 0 Å². The van der Waals surface area contributed by atoms with E-state index in [2.05, 4.69) is 0 Å². The van der Waals surface area contributed by atoms with Crippen LogP contribution in [0.3, 0.4) is 0 Å². The van der Waals surface area contributed by atoms with E-state index < -0.39 is 16.2 Å². The van der Waals surface area contributed by atoms with Crippen molar-refractivity contribution in [2.75, 3.05) is 13.2 Å². The van der Waals surface area contributed by atoms with Crippen LogP contribution in [0.2, 0.25) is 0 Å². The van der Waals surface area contributed by atoms with Gasteiger partial charge in [-0.2, -0.15) is 0 Å². The Balaban J connectivity index is -0.0000000257.